The van der Waals surface area contributed by atoms with Crippen LogP contribution in [-0.2, 0) is 12.7 Å². The Kier molecular flexibility index (Phi) is 3.13. The minimum absolute atomic E-state index is 0.227. The fourth-order valence-corrected chi connectivity index (χ4v) is 1.16. The SMILES string of the molecule is NCc1cc(C(F)(F)F)c(F)cc1[N+](=O)[O-]. The van der Waals surface area contributed by atoms with Crippen molar-refractivity contribution in [2.75, 3.05) is 0 Å². The molecule has 8 heteroatoms. The number of nitro groups is 1. The van der Waals surface area contributed by atoms with Gasteiger partial charge in [-0.25, -0.2) is 4.39 Å². The zero-order chi connectivity index (χ0) is 12.5. The van der Waals surface area contributed by atoms with Crippen molar-refractivity contribution in [1.29, 1.82) is 0 Å². The van der Waals surface area contributed by atoms with Gasteiger partial charge in [0.05, 0.1) is 16.6 Å². The van der Waals surface area contributed by atoms with Gasteiger partial charge in [-0.1, -0.05) is 0 Å². The fourth-order valence-electron chi connectivity index (χ4n) is 1.16. The second kappa shape index (κ2) is 4.05. The van der Waals surface area contributed by atoms with Crippen molar-refractivity contribution < 1.29 is 22.5 Å². The Labute approximate surface area is 86.8 Å². The highest BCUT2D eigenvalue weighted by molar-refractivity contribution is 5.44. The second-order valence-corrected chi connectivity index (χ2v) is 2.92. The monoisotopic (exact) mass is 238 g/mol. The van der Waals surface area contributed by atoms with Gasteiger partial charge in [-0.3, -0.25) is 10.1 Å². The summed E-state index contributed by atoms with van der Waals surface area (Å²) in [6.07, 6.45) is -4.90. The molecule has 0 amide bonds. The maximum atomic E-state index is 13.0. The molecule has 0 aliphatic heterocycles. The topological polar surface area (TPSA) is 69.2 Å². The summed E-state index contributed by atoms with van der Waals surface area (Å²) in [5.74, 6) is -1.68. The molecule has 0 aromatic heterocycles. The highest BCUT2D eigenvalue weighted by Crippen LogP contribution is 2.34. The second-order valence-electron chi connectivity index (χ2n) is 2.92. The molecule has 0 radical (unpaired) electrons. The summed E-state index contributed by atoms with van der Waals surface area (Å²) >= 11 is 0. The lowest BCUT2D eigenvalue weighted by Crippen LogP contribution is -2.11. The molecule has 0 atom stereocenters. The van der Waals surface area contributed by atoms with Crippen LogP contribution >= 0.6 is 0 Å². The number of hydrogen-bond acceptors (Lipinski definition) is 3. The van der Waals surface area contributed by atoms with Gasteiger partial charge in [-0.15, -0.1) is 0 Å². The van der Waals surface area contributed by atoms with E-state index in [1.165, 1.54) is 0 Å². The predicted molar refractivity (Wildman–Crippen MR) is 45.9 cm³/mol. The average Bonchev–Trinajstić information content (AvgIpc) is 2.15. The molecular formula is C8H6F4N2O2. The van der Waals surface area contributed by atoms with Crippen molar-refractivity contribution in [3.8, 4) is 0 Å². The molecule has 0 aliphatic carbocycles. The van der Waals surface area contributed by atoms with Gasteiger partial charge in [0, 0.05) is 12.1 Å². The first-order valence-corrected chi connectivity index (χ1v) is 4.01. The lowest BCUT2D eigenvalue weighted by molar-refractivity contribution is -0.385. The minimum atomic E-state index is -4.90. The molecule has 2 N–H and O–H groups in total. The standard InChI is InChI=1S/C8H6F4N2O2/c9-6-2-7(14(15)16)4(3-13)1-5(6)8(10,11)12/h1-2H,3,13H2. The summed E-state index contributed by atoms with van der Waals surface area (Å²) in [6.45, 7) is -0.473. The van der Waals surface area contributed by atoms with E-state index < -0.39 is 34.7 Å². The van der Waals surface area contributed by atoms with Crippen molar-refractivity contribution >= 4 is 5.69 Å². The lowest BCUT2D eigenvalue weighted by atomic mass is 10.1. The highest BCUT2D eigenvalue weighted by atomic mass is 19.4. The van der Waals surface area contributed by atoms with Crippen LogP contribution in [-0.4, -0.2) is 4.92 Å². The Morgan fingerprint density at radius 1 is 1.38 bits per heavy atom. The number of nitrogens with zero attached hydrogens (tertiary/aromatic N) is 1. The molecule has 0 aliphatic rings. The largest absolute Gasteiger partial charge is 0.419 e. The third kappa shape index (κ3) is 2.27. The molecule has 0 fully saturated rings. The van der Waals surface area contributed by atoms with Crippen LogP contribution in [0.25, 0.3) is 0 Å². The summed E-state index contributed by atoms with van der Waals surface area (Å²) in [5, 5.41) is 10.4. The molecule has 0 saturated carbocycles. The van der Waals surface area contributed by atoms with Gasteiger partial charge in [0.25, 0.3) is 5.69 Å². The summed E-state index contributed by atoms with van der Waals surface area (Å²) in [5.41, 5.74) is 2.38. The van der Waals surface area contributed by atoms with Gasteiger partial charge in [-0.2, -0.15) is 13.2 Å². The molecule has 4 nitrogen and oxygen atoms in total. The van der Waals surface area contributed by atoms with Crippen LogP contribution in [0.5, 0.6) is 0 Å². The van der Waals surface area contributed by atoms with Crippen LogP contribution in [0.3, 0.4) is 0 Å². The molecule has 0 spiro atoms. The van der Waals surface area contributed by atoms with Crippen LogP contribution in [0.15, 0.2) is 12.1 Å². The number of benzene rings is 1. The number of nitrogens with two attached hydrogens (primary N) is 1. The first kappa shape index (κ1) is 12.4. The molecule has 0 bridgehead atoms. The minimum Gasteiger partial charge on any atom is -0.326 e. The summed E-state index contributed by atoms with van der Waals surface area (Å²) in [4.78, 5) is 9.42. The van der Waals surface area contributed by atoms with E-state index in [1.807, 2.05) is 0 Å². The normalized spacial score (nSPS) is 11.6. The lowest BCUT2D eigenvalue weighted by Gasteiger charge is -2.09. The molecule has 1 rings (SSSR count). The van der Waals surface area contributed by atoms with Crippen molar-refractivity contribution in [2.24, 2.45) is 5.73 Å². The van der Waals surface area contributed by atoms with Gasteiger partial charge in [-0.05, 0) is 6.07 Å². The number of rotatable bonds is 2. The number of nitro benzene ring substituents is 1. The van der Waals surface area contributed by atoms with Crippen LogP contribution in [0.4, 0.5) is 23.2 Å². The Hall–Kier alpha value is -1.70. The quantitative estimate of drug-likeness (QED) is 0.487. The molecule has 0 heterocycles. The Balaban J connectivity index is 3.43. The fraction of sp³-hybridized carbons (Fsp3) is 0.250. The molecule has 16 heavy (non-hydrogen) atoms. The van der Waals surface area contributed by atoms with E-state index in [0.717, 1.165) is 0 Å². The molecule has 0 saturated heterocycles. The maximum absolute atomic E-state index is 13.0. The third-order valence-electron chi connectivity index (χ3n) is 1.89. The van der Waals surface area contributed by atoms with Crippen LogP contribution in [0.2, 0.25) is 0 Å². The number of halogens is 4. The number of hydrogen-bond donors (Lipinski definition) is 1. The summed E-state index contributed by atoms with van der Waals surface area (Å²) in [6, 6.07) is 0.582. The first-order chi connectivity index (χ1) is 7.27. The molecule has 1 aromatic rings. The molecule has 88 valence electrons. The zero-order valence-corrected chi connectivity index (χ0v) is 7.71. The maximum Gasteiger partial charge on any atom is 0.419 e. The predicted octanol–water partition coefficient (Wildman–Crippen LogP) is 2.21. The van der Waals surface area contributed by atoms with E-state index in [-0.39, 0.29) is 11.6 Å². The van der Waals surface area contributed by atoms with Crippen LogP contribution < -0.4 is 5.73 Å². The van der Waals surface area contributed by atoms with Gasteiger partial charge in [0.1, 0.15) is 5.82 Å². The average molecular weight is 238 g/mol. The Morgan fingerprint density at radius 3 is 2.31 bits per heavy atom. The third-order valence-corrected chi connectivity index (χ3v) is 1.89. The Morgan fingerprint density at radius 2 is 1.94 bits per heavy atom. The first-order valence-electron chi connectivity index (χ1n) is 4.01. The van der Waals surface area contributed by atoms with Crippen molar-refractivity contribution in [2.45, 2.75) is 12.7 Å². The molecule has 1 aromatic carbocycles. The zero-order valence-electron chi connectivity index (χ0n) is 7.71. The van der Waals surface area contributed by atoms with Gasteiger partial charge >= 0.3 is 6.18 Å². The van der Waals surface area contributed by atoms with Crippen molar-refractivity contribution in [1.82, 2.24) is 0 Å². The van der Waals surface area contributed by atoms with E-state index >= 15 is 0 Å². The van der Waals surface area contributed by atoms with Gasteiger partial charge < -0.3 is 5.73 Å². The number of alkyl halides is 3. The van der Waals surface area contributed by atoms with E-state index in [4.69, 9.17) is 5.73 Å². The van der Waals surface area contributed by atoms with E-state index in [9.17, 15) is 27.7 Å². The van der Waals surface area contributed by atoms with Crippen molar-refractivity contribution in [3.63, 3.8) is 0 Å². The van der Waals surface area contributed by atoms with E-state index in [1.54, 1.807) is 0 Å². The molecule has 0 unspecified atom stereocenters. The van der Waals surface area contributed by atoms with Gasteiger partial charge in [0.15, 0.2) is 0 Å². The van der Waals surface area contributed by atoms with Crippen LogP contribution in [0.1, 0.15) is 11.1 Å². The molecular weight excluding hydrogens is 232 g/mol. The van der Waals surface area contributed by atoms with Gasteiger partial charge in [0.2, 0.25) is 0 Å². The van der Waals surface area contributed by atoms with Crippen molar-refractivity contribution in [3.05, 3.63) is 39.2 Å². The summed E-state index contributed by atoms with van der Waals surface area (Å²) < 4.78 is 49.7. The summed E-state index contributed by atoms with van der Waals surface area (Å²) in [7, 11) is 0. The van der Waals surface area contributed by atoms with Crippen LogP contribution in [0, 0.1) is 15.9 Å². The van der Waals surface area contributed by atoms with E-state index in [0.29, 0.717) is 6.07 Å². The highest BCUT2D eigenvalue weighted by Gasteiger charge is 2.36. The van der Waals surface area contributed by atoms with E-state index in [2.05, 4.69) is 0 Å². The Bertz CT molecular complexity index is 431. The smallest absolute Gasteiger partial charge is 0.326 e.